The Balaban J connectivity index is 1.99. The Morgan fingerprint density at radius 2 is 1.89 bits per heavy atom. The average molecular weight is 256 g/mol. The molecule has 3 nitrogen and oxygen atoms in total. The van der Waals surface area contributed by atoms with Crippen molar-refractivity contribution in [2.75, 3.05) is 26.7 Å². The second-order valence-corrected chi connectivity index (χ2v) is 6.14. The molecule has 1 aliphatic rings. The van der Waals surface area contributed by atoms with Crippen LogP contribution in [0.25, 0.3) is 0 Å². The lowest BCUT2D eigenvalue weighted by Gasteiger charge is -2.31. The van der Waals surface area contributed by atoms with Crippen LogP contribution in [0.3, 0.4) is 0 Å². The van der Waals surface area contributed by atoms with Gasteiger partial charge in [0.2, 0.25) is 0 Å². The molecule has 0 spiro atoms. The molecular formula is C15H32N2O. The molecule has 108 valence electrons. The van der Waals surface area contributed by atoms with Crippen molar-refractivity contribution in [2.45, 2.75) is 64.5 Å². The lowest BCUT2D eigenvalue weighted by molar-refractivity contribution is 0.123. The predicted octanol–water partition coefficient (Wildman–Crippen LogP) is 2.25. The van der Waals surface area contributed by atoms with Gasteiger partial charge in [-0.1, -0.05) is 33.1 Å². The fourth-order valence-electron chi connectivity index (χ4n) is 2.64. The quantitative estimate of drug-likeness (QED) is 0.654. The van der Waals surface area contributed by atoms with E-state index in [4.69, 9.17) is 0 Å². The SMILES string of the molecule is CC(C)C(O)CNCCCN(C)C1CCCCC1. The largest absolute Gasteiger partial charge is 0.392 e. The van der Waals surface area contributed by atoms with Crippen LogP contribution in [0.5, 0.6) is 0 Å². The number of rotatable bonds is 8. The topological polar surface area (TPSA) is 35.5 Å². The molecule has 1 saturated carbocycles. The van der Waals surface area contributed by atoms with Crippen molar-refractivity contribution >= 4 is 0 Å². The van der Waals surface area contributed by atoms with Gasteiger partial charge in [-0.15, -0.1) is 0 Å². The molecule has 0 aliphatic heterocycles. The summed E-state index contributed by atoms with van der Waals surface area (Å²) in [5, 5.41) is 13.0. The van der Waals surface area contributed by atoms with Gasteiger partial charge in [0.1, 0.15) is 0 Å². The van der Waals surface area contributed by atoms with Crippen LogP contribution in [0.2, 0.25) is 0 Å². The number of nitrogens with zero attached hydrogens (tertiary/aromatic N) is 1. The Bertz CT molecular complexity index is 203. The van der Waals surface area contributed by atoms with Crippen LogP contribution in [0, 0.1) is 5.92 Å². The highest BCUT2D eigenvalue weighted by molar-refractivity contribution is 4.73. The second kappa shape index (κ2) is 8.89. The standard InChI is InChI=1S/C15H32N2O/c1-13(2)15(18)12-16-10-7-11-17(3)14-8-5-4-6-9-14/h13-16,18H,4-12H2,1-3H3. The molecule has 2 N–H and O–H groups in total. The molecule has 1 aliphatic carbocycles. The van der Waals surface area contributed by atoms with Crippen molar-refractivity contribution in [2.24, 2.45) is 5.92 Å². The van der Waals surface area contributed by atoms with Gasteiger partial charge in [0.15, 0.2) is 0 Å². The molecule has 18 heavy (non-hydrogen) atoms. The van der Waals surface area contributed by atoms with Gasteiger partial charge in [-0.3, -0.25) is 0 Å². The first kappa shape index (κ1) is 15.9. The number of aliphatic hydroxyl groups is 1. The van der Waals surface area contributed by atoms with E-state index in [0.717, 1.165) is 19.1 Å². The van der Waals surface area contributed by atoms with Crippen LogP contribution in [-0.4, -0.2) is 48.8 Å². The van der Waals surface area contributed by atoms with E-state index in [-0.39, 0.29) is 6.10 Å². The second-order valence-electron chi connectivity index (χ2n) is 6.14. The number of hydrogen-bond acceptors (Lipinski definition) is 3. The molecule has 0 amide bonds. The summed E-state index contributed by atoms with van der Waals surface area (Å²) in [6.07, 6.45) is 7.99. The average Bonchev–Trinajstić information content (AvgIpc) is 2.38. The van der Waals surface area contributed by atoms with Crippen LogP contribution in [0.1, 0.15) is 52.4 Å². The summed E-state index contributed by atoms with van der Waals surface area (Å²) in [7, 11) is 2.26. The number of nitrogens with one attached hydrogen (secondary N) is 1. The van der Waals surface area contributed by atoms with Crippen LogP contribution in [0.15, 0.2) is 0 Å². The number of hydrogen-bond donors (Lipinski definition) is 2. The van der Waals surface area contributed by atoms with Gasteiger partial charge in [0, 0.05) is 12.6 Å². The molecule has 1 atom stereocenters. The molecule has 0 aromatic rings. The molecule has 1 unspecified atom stereocenters. The molecule has 0 bridgehead atoms. The highest BCUT2D eigenvalue weighted by Crippen LogP contribution is 2.21. The van der Waals surface area contributed by atoms with E-state index >= 15 is 0 Å². The third-order valence-corrected chi connectivity index (χ3v) is 4.19. The van der Waals surface area contributed by atoms with Crippen molar-refractivity contribution in [1.82, 2.24) is 10.2 Å². The monoisotopic (exact) mass is 256 g/mol. The Morgan fingerprint density at radius 3 is 2.50 bits per heavy atom. The van der Waals surface area contributed by atoms with E-state index in [1.54, 1.807) is 0 Å². The maximum absolute atomic E-state index is 9.67. The molecule has 0 saturated heterocycles. The summed E-state index contributed by atoms with van der Waals surface area (Å²) in [5.41, 5.74) is 0. The first-order valence-corrected chi connectivity index (χ1v) is 7.70. The Morgan fingerprint density at radius 1 is 1.22 bits per heavy atom. The zero-order chi connectivity index (χ0) is 13.4. The molecule has 1 rings (SSSR count). The Labute approximate surface area is 113 Å². The first-order chi connectivity index (χ1) is 8.61. The van der Waals surface area contributed by atoms with Gasteiger partial charge in [-0.05, 0) is 45.3 Å². The minimum atomic E-state index is -0.207. The number of aliphatic hydroxyl groups excluding tert-OH is 1. The van der Waals surface area contributed by atoms with Crippen molar-refractivity contribution < 1.29 is 5.11 Å². The van der Waals surface area contributed by atoms with Gasteiger partial charge < -0.3 is 15.3 Å². The minimum absolute atomic E-state index is 0.207. The molecule has 0 heterocycles. The summed E-state index contributed by atoms with van der Waals surface area (Å²) in [5.74, 6) is 0.349. The summed E-state index contributed by atoms with van der Waals surface area (Å²) in [4.78, 5) is 2.53. The van der Waals surface area contributed by atoms with Crippen LogP contribution in [0.4, 0.5) is 0 Å². The third-order valence-electron chi connectivity index (χ3n) is 4.19. The fourth-order valence-corrected chi connectivity index (χ4v) is 2.64. The van der Waals surface area contributed by atoms with Crippen molar-refractivity contribution in [3.05, 3.63) is 0 Å². The maximum atomic E-state index is 9.67. The lowest BCUT2D eigenvalue weighted by Crippen LogP contribution is -2.36. The maximum Gasteiger partial charge on any atom is 0.0687 e. The van der Waals surface area contributed by atoms with E-state index in [1.807, 2.05) is 0 Å². The van der Waals surface area contributed by atoms with Crippen LogP contribution >= 0.6 is 0 Å². The molecule has 0 aromatic heterocycles. The molecule has 0 radical (unpaired) electrons. The smallest absolute Gasteiger partial charge is 0.0687 e. The van der Waals surface area contributed by atoms with E-state index in [9.17, 15) is 5.11 Å². The Kier molecular flexibility index (Phi) is 7.87. The van der Waals surface area contributed by atoms with Crippen molar-refractivity contribution in [3.8, 4) is 0 Å². The minimum Gasteiger partial charge on any atom is -0.392 e. The van der Waals surface area contributed by atoms with Gasteiger partial charge >= 0.3 is 0 Å². The van der Waals surface area contributed by atoms with Gasteiger partial charge in [-0.25, -0.2) is 0 Å². The van der Waals surface area contributed by atoms with E-state index in [1.165, 1.54) is 45.1 Å². The van der Waals surface area contributed by atoms with Crippen molar-refractivity contribution in [3.63, 3.8) is 0 Å². The third kappa shape index (κ3) is 6.17. The van der Waals surface area contributed by atoms with Gasteiger partial charge in [0.25, 0.3) is 0 Å². The highest BCUT2D eigenvalue weighted by Gasteiger charge is 2.17. The van der Waals surface area contributed by atoms with Gasteiger partial charge in [0.05, 0.1) is 6.10 Å². The van der Waals surface area contributed by atoms with Crippen LogP contribution in [-0.2, 0) is 0 Å². The highest BCUT2D eigenvalue weighted by atomic mass is 16.3. The molecule has 3 heteroatoms. The fraction of sp³-hybridized carbons (Fsp3) is 1.00. The summed E-state index contributed by atoms with van der Waals surface area (Å²) in [6, 6.07) is 0.819. The first-order valence-electron chi connectivity index (χ1n) is 7.70. The molecule has 1 fully saturated rings. The molecular weight excluding hydrogens is 224 g/mol. The summed E-state index contributed by atoms with van der Waals surface area (Å²) >= 11 is 0. The lowest BCUT2D eigenvalue weighted by atomic mass is 9.94. The van der Waals surface area contributed by atoms with E-state index in [2.05, 4.69) is 31.1 Å². The summed E-state index contributed by atoms with van der Waals surface area (Å²) in [6.45, 7) is 7.04. The van der Waals surface area contributed by atoms with Gasteiger partial charge in [-0.2, -0.15) is 0 Å². The van der Waals surface area contributed by atoms with E-state index < -0.39 is 0 Å². The van der Waals surface area contributed by atoms with Crippen LogP contribution < -0.4 is 5.32 Å². The predicted molar refractivity (Wildman–Crippen MR) is 77.8 cm³/mol. The normalized spacial score (nSPS) is 19.7. The van der Waals surface area contributed by atoms with Crippen molar-refractivity contribution in [1.29, 1.82) is 0 Å². The summed E-state index contributed by atoms with van der Waals surface area (Å²) < 4.78 is 0. The molecule has 0 aromatic carbocycles. The van der Waals surface area contributed by atoms with E-state index in [0.29, 0.717) is 5.92 Å². The zero-order valence-corrected chi connectivity index (χ0v) is 12.5. The Hall–Kier alpha value is -0.120. The zero-order valence-electron chi connectivity index (χ0n) is 12.5.